The summed E-state index contributed by atoms with van der Waals surface area (Å²) in [7, 11) is 0. The van der Waals surface area contributed by atoms with Crippen LogP contribution in [0.25, 0.3) is 22.1 Å². The van der Waals surface area contributed by atoms with Crippen LogP contribution in [0.2, 0.25) is 0 Å². The van der Waals surface area contributed by atoms with Crippen molar-refractivity contribution in [2.45, 2.75) is 45.4 Å². The summed E-state index contributed by atoms with van der Waals surface area (Å²) < 4.78 is 5.42. The summed E-state index contributed by atoms with van der Waals surface area (Å²) >= 11 is 0. The molecule has 164 valence electrons. The van der Waals surface area contributed by atoms with Crippen molar-refractivity contribution in [1.82, 2.24) is 4.98 Å². The third kappa shape index (κ3) is 5.59. The number of phenols is 1. The van der Waals surface area contributed by atoms with Crippen molar-refractivity contribution < 1.29 is 19.4 Å². The molecule has 0 aliphatic heterocycles. The van der Waals surface area contributed by atoms with E-state index in [1.165, 1.54) is 6.07 Å². The average Bonchev–Trinajstić information content (AvgIpc) is 2.74. The van der Waals surface area contributed by atoms with Crippen molar-refractivity contribution in [3.63, 3.8) is 0 Å². The SMILES string of the molecule is CC(CCCCCO[N+](=O)[O-])C(C)c1cc(O)c2c(-c3ccncc3)cc(=O)oc2c1. The van der Waals surface area contributed by atoms with Gasteiger partial charge in [0.05, 0.1) is 12.0 Å². The molecule has 3 aromatic rings. The monoisotopic (exact) mass is 426 g/mol. The predicted octanol–water partition coefficient (Wildman–Crippen LogP) is 5.07. The Balaban J connectivity index is 1.77. The molecule has 0 saturated heterocycles. The number of phenolic OH excluding ortho intramolecular Hbond substituents is 1. The van der Waals surface area contributed by atoms with Crippen LogP contribution >= 0.6 is 0 Å². The highest BCUT2D eigenvalue weighted by atomic mass is 16.9. The van der Waals surface area contributed by atoms with Crippen LogP contribution in [0.4, 0.5) is 0 Å². The van der Waals surface area contributed by atoms with Gasteiger partial charge in [-0.3, -0.25) is 4.98 Å². The minimum absolute atomic E-state index is 0.0686. The van der Waals surface area contributed by atoms with Crippen LogP contribution in [-0.2, 0) is 4.84 Å². The fraction of sp³-hybridized carbons (Fsp3) is 0.391. The molecule has 31 heavy (non-hydrogen) atoms. The molecule has 0 amide bonds. The summed E-state index contributed by atoms with van der Waals surface area (Å²) in [4.78, 5) is 30.6. The van der Waals surface area contributed by atoms with E-state index in [1.54, 1.807) is 30.6 Å². The first-order valence-corrected chi connectivity index (χ1v) is 10.3. The first-order chi connectivity index (χ1) is 14.9. The third-order valence-corrected chi connectivity index (χ3v) is 5.72. The Bertz CT molecular complexity index is 1100. The first kappa shape index (κ1) is 22.3. The van der Waals surface area contributed by atoms with Gasteiger partial charge in [0, 0.05) is 24.0 Å². The number of benzene rings is 1. The van der Waals surface area contributed by atoms with Gasteiger partial charge in [-0.15, -0.1) is 10.1 Å². The molecule has 0 aliphatic carbocycles. The van der Waals surface area contributed by atoms with E-state index in [0.29, 0.717) is 28.9 Å². The number of aromatic hydroxyl groups is 1. The van der Waals surface area contributed by atoms with Gasteiger partial charge >= 0.3 is 5.63 Å². The number of rotatable bonds is 10. The number of fused-ring (bicyclic) bond motifs is 1. The Hall–Kier alpha value is -3.42. The maximum Gasteiger partial charge on any atom is 0.336 e. The molecule has 2 heterocycles. The van der Waals surface area contributed by atoms with Crippen LogP contribution in [0.15, 0.2) is 51.9 Å². The van der Waals surface area contributed by atoms with Gasteiger partial charge in [-0.2, -0.15) is 0 Å². The molecule has 2 aromatic heterocycles. The van der Waals surface area contributed by atoms with Gasteiger partial charge in [0.2, 0.25) is 0 Å². The van der Waals surface area contributed by atoms with Crippen LogP contribution < -0.4 is 5.63 Å². The average molecular weight is 426 g/mol. The second-order valence-corrected chi connectivity index (χ2v) is 7.80. The van der Waals surface area contributed by atoms with Gasteiger partial charge in [0.25, 0.3) is 5.09 Å². The van der Waals surface area contributed by atoms with Gasteiger partial charge in [-0.25, -0.2) is 4.79 Å². The lowest BCUT2D eigenvalue weighted by Gasteiger charge is -2.21. The van der Waals surface area contributed by atoms with E-state index >= 15 is 0 Å². The zero-order valence-corrected chi connectivity index (χ0v) is 17.6. The van der Waals surface area contributed by atoms with Gasteiger partial charge in [-0.1, -0.05) is 33.1 Å². The molecule has 0 saturated carbocycles. The minimum Gasteiger partial charge on any atom is -0.507 e. The molecule has 2 atom stereocenters. The van der Waals surface area contributed by atoms with Crippen LogP contribution in [-0.4, -0.2) is 21.8 Å². The smallest absolute Gasteiger partial charge is 0.336 e. The molecule has 1 aromatic carbocycles. The van der Waals surface area contributed by atoms with Gasteiger partial charge in [-0.05, 0) is 53.6 Å². The summed E-state index contributed by atoms with van der Waals surface area (Å²) in [6, 6.07) is 8.50. The number of nitrogens with zero attached hydrogens (tertiary/aromatic N) is 2. The lowest BCUT2D eigenvalue weighted by molar-refractivity contribution is -0.757. The largest absolute Gasteiger partial charge is 0.507 e. The Morgan fingerprint density at radius 3 is 2.61 bits per heavy atom. The molecule has 0 radical (unpaired) electrons. The minimum atomic E-state index is -0.768. The van der Waals surface area contributed by atoms with Crippen molar-refractivity contribution in [2.75, 3.05) is 6.61 Å². The summed E-state index contributed by atoms with van der Waals surface area (Å²) in [5.74, 6) is 0.502. The Morgan fingerprint density at radius 1 is 1.16 bits per heavy atom. The van der Waals surface area contributed by atoms with E-state index in [0.717, 1.165) is 30.4 Å². The molecule has 0 bridgehead atoms. The Morgan fingerprint density at radius 2 is 1.90 bits per heavy atom. The van der Waals surface area contributed by atoms with E-state index < -0.39 is 10.7 Å². The third-order valence-electron chi connectivity index (χ3n) is 5.72. The van der Waals surface area contributed by atoms with E-state index in [2.05, 4.69) is 23.7 Å². The summed E-state index contributed by atoms with van der Waals surface area (Å²) in [6.07, 6.45) is 6.61. The van der Waals surface area contributed by atoms with Crippen molar-refractivity contribution >= 4 is 11.0 Å². The number of pyridine rings is 1. The van der Waals surface area contributed by atoms with Crippen molar-refractivity contribution in [2.24, 2.45) is 5.92 Å². The van der Waals surface area contributed by atoms with E-state index in [1.807, 2.05) is 6.07 Å². The van der Waals surface area contributed by atoms with Crippen LogP contribution in [0, 0.1) is 16.0 Å². The fourth-order valence-corrected chi connectivity index (χ4v) is 3.79. The van der Waals surface area contributed by atoms with E-state index in [-0.39, 0.29) is 18.3 Å². The Labute approximate surface area is 179 Å². The Kier molecular flexibility index (Phi) is 7.23. The molecule has 8 heteroatoms. The van der Waals surface area contributed by atoms with Crippen LogP contribution in [0.1, 0.15) is 51.0 Å². The molecule has 8 nitrogen and oxygen atoms in total. The van der Waals surface area contributed by atoms with Gasteiger partial charge < -0.3 is 14.4 Å². The molecule has 0 spiro atoms. The molecule has 2 unspecified atom stereocenters. The maximum atomic E-state index is 12.2. The lowest BCUT2D eigenvalue weighted by atomic mass is 9.84. The lowest BCUT2D eigenvalue weighted by Crippen LogP contribution is -2.08. The zero-order valence-electron chi connectivity index (χ0n) is 17.6. The summed E-state index contributed by atoms with van der Waals surface area (Å²) in [5, 5.41) is 20.7. The number of unbranched alkanes of at least 4 members (excludes halogenated alkanes) is 2. The number of hydrogen-bond acceptors (Lipinski definition) is 7. The van der Waals surface area contributed by atoms with Crippen LogP contribution in [0.3, 0.4) is 0 Å². The van der Waals surface area contributed by atoms with Crippen LogP contribution in [0.5, 0.6) is 5.75 Å². The van der Waals surface area contributed by atoms with Gasteiger partial charge in [0.1, 0.15) is 11.3 Å². The molecule has 3 rings (SSSR count). The highest BCUT2D eigenvalue weighted by Gasteiger charge is 2.19. The zero-order chi connectivity index (χ0) is 22.4. The second kappa shape index (κ2) is 10.1. The quantitative estimate of drug-likeness (QED) is 0.208. The van der Waals surface area contributed by atoms with Gasteiger partial charge in [0.15, 0.2) is 0 Å². The van der Waals surface area contributed by atoms with E-state index in [9.17, 15) is 20.0 Å². The predicted molar refractivity (Wildman–Crippen MR) is 116 cm³/mol. The molecular formula is C23H26N2O6. The van der Waals surface area contributed by atoms with Crippen molar-refractivity contribution in [3.05, 3.63) is 68.8 Å². The second-order valence-electron chi connectivity index (χ2n) is 7.80. The summed E-state index contributed by atoms with van der Waals surface area (Å²) in [6.45, 7) is 4.32. The van der Waals surface area contributed by atoms with Crippen molar-refractivity contribution in [1.29, 1.82) is 0 Å². The topological polar surface area (TPSA) is 116 Å². The molecule has 1 N–H and O–H groups in total. The standard InChI is InChI=1S/C23H26N2O6/c1-15(6-4-3-5-11-30-25(28)29)16(2)18-12-20(26)23-19(17-7-9-24-10-8-17)14-22(27)31-21(23)13-18/h7-10,12-16,26H,3-6,11H2,1-2H3. The highest BCUT2D eigenvalue weighted by Crippen LogP contribution is 2.38. The molecular weight excluding hydrogens is 400 g/mol. The normalized spacial score (nSPS) is 13.1. The highest BCUT2D eigenvalue weighted by molar-refractivity contribution is 5.97. The van der Waals surface area contributed by atoms with Crippen molar-refractivity contribution in [3.8, 4) is 16.9 Å². The van der Waals surface area contributed by atoms with E-state index in [4.69, 9.17) is 4.42 Å². The fourth-order valence-electron chi connectivity index (χ4n) is 3.79. The number of hydrogen-bond donors (Lipinski definition) is 1. The molecule has 0 aliphatic rings. The summed E-state index contributed by atoms with van der Waals surface area (Å²) in [5.41, 5.74) is 2.15. The first-order valence-electron chi connectivity index (χ1n) is 10.3. The maximum absolute atomic E-state index is 12.2. The molecule has 0 fully saturated rings. The number of aromatic nitrogens is 1.